The number of rotatable bonds is 3. The molecule has 0 bridgehead atoms. The lowest BCUT2D eigenvalue weighted by atomic mass is 10.0. The normalized spacial score (nSPS) is 17.2. The van der Waals surface area contributed by atoms with Gasteiger partial charge in [-0.15, -0.1) is 0 Å². The van der Waals surface area contributed by atoms with Crippen molar-refractivity contribution in [2.24, 2.45) is 11.0 Å². The molecule has 1 aromatic carbocycles. The van der Waals surface area contributed by atoms with Gasteiger partial charge in [0.05, 0.1) is 6.04 Å². The van der Waals surface area contributed by atoms with E-state index in [9.17, 15) is 4.39 Å². The van der Waals surface area contributed by atoms with Gasteiger partial charge in [0.1, 0.15) is 5.82 Å². The molecule has 1 fully saturated rings. The summed E-state index contributed by atoms with van der Waals surface area (Å²) >= 11 is 0. The molecule has 1 aliphatic carbocycles. The van der Waals surface area contributed by atoms with E-state index in [4.69, 9.17) is 5.53 Å². The summed E-state index contributed by atoms with van der Waals surface area (Å²) in [4.78, 5) is 2.81. The Morgan fingerprint density at radius 1 is 1.50 bits per heavy atom. The number of halogens is 1. The van der Waals surface area contributed by atoms with Crippen molar-refractivity contribution < 1.29 is 4.39 Å². The highest BCUT2D eigenvalue weighted by molar-refractivity contribution is 5.22. The van der Waals surface area contributed by atoms with E-state index in [0.29, 0.717) is 5.92 Å². The van der Waals surface area contributed by atoms with Gasteiger partial charge in [-0.2, -0.15) is 0 Å². The fourth-order valence-electron chi connectivity index (χ4n) is 1.59. The van der Waals surface area contributed by atoms with Crippen molar-refractivity contribution in [3.05, 3.63) is 46.1 Å². The Bertz CT molecular complexity index is 381. The third kappa shape index (κ3) is 1.86. The molecule has 2 rings (SSSR count). The van der Waals surface area contributed by atoms with Gasteiger partial charge in [-0.25, -0.2) is 4.39 Å². The molecule has 14 heavy (non-hydrogen) atoms. The zero-order valence-corrected chi connectivity index (χ0v) is 7.60. The molecule has 0 spiro atoms. The van der Waals surface area contributed by atoms with Crippen LogP contribution in [0.25, 0.3) is 10.4 Å². The quantitative estimate of drug-likeness (QED) is 0.398. The van der Waals surface area contributed by atoms with E-state index < -0.39 is 0 Å². The summed E-state index contributed by atoms with van der Waals surface area (Å²) in [6.07, 6.45) is 2.14. The van der Waals surface area contributed by atoms with Crippen molar-refractivity contribution >= 4 is 0 Å². The van der Waals surface area contributed by atoms with Crippen LogP contribution in [-0.2, 0) is 0 Å². The monoisotopic (exact) mass is 191 g/mol. The van der Waals surface area contributed by atoms with Crippen molar-refractivity contribution in [1.29, 1.82) is 0 Å². The SMILES string of the molecule is [N-]=[N+]=NC(c1cccc(F)c1)C1CC1. The molecule has 3 nitrogen and oxygen atoms in total. The first-order valence-electron chi connectivity index (χ1n) is 4.61. The highest BCUT2D eigenvalue weighted by atomic mass is 19.1. The Kier molecular flexibility index (Phi) is 2.37. The molecule has 4 heteroatoms. The molecular weight excluding hydrogens is 181 g/mol. The molecule has 1 aromatic rings. The fraction of sp³-hybridized carbons (Fsp3) is 0.400. The van der Waals surface area contributed by atoms with E-state index in [1.54, 1.807) is 12.1 Å². The third-order valence-electron chi connectivity index (χ3n) is 2.43. The van der Waals surface area contributed by atoms with Crippen LogP contribution in [0.3, 0.4) is 0 Å². The number of azide groups is 1. The molecule has 1 saturated carbocycles. The largest absolute Gasteiger partial charge is 0.207 e. The zero-order chi connectivity index (χ0) is 9.97. The first-order valence-corrected chi connectivity index (χ1v) is 4.61. The van der Waals surface area contributed by atoms with E-state index >= 15 is 0 Å². The van der Waals surface area contributed by atoms with Crippen LogP contribution >= 0.6 is 0 Å². The lowest BCUT2D eigenvalue weighted by Gasteiger charge is -2.09. The lowest BCUT2D eigenvalue weighted by molar-refractivity contribution is 0.600. The molecule has 0 radical (unpaired) electrons. The Morgan fingerprint density at radius 2 is 2.29 bits per heavy atom. The zero-order valence-electron chi connectivity index (χ0n) is 7.60. The van der Waals surface area contributed by atoms with Crippen molar-refractivity contribution in [3.63, 3.8) is 0 Å². The summed E-state index contributed by atoms with van der Waals surface area (Å²) in [6, 6.07) is 6.10. The Morgan fingerprint density at radius 3 is 2.86 bits per heavy atom. The van der Waals surface area contributed by atoms with Crippen molar-refractivity contribution in [3.8, 4) is 0 Å². The number of benzene rings is 1. The lowest BCUT2D eigenvalue weighted by Crippen LogP contribution is -1.97. The van der Waals surface area contributed by atoms with Gasteiger partial charge in [0.25, 0.3) is 0 Å². The number of hydrogen-bond donors (Lipinski definition) is 0. The van der Waals surface area contributed by atoms with Crippen LogP contribution in [0.15, 0.2) is 29.4 Å². The Hall–Kier alpha value is -1.54. The topological polar surface area (TPSA) is 48.8 Å². The molecule has 0 aliphatic heterocycles. The molecular formula is C10H10FN3. The van der Waals surface area contributed by atoms with E-state index in [1.165, 1.54) is 12.1 Å². The maximum atomic E-state index is 12.9. The van der Waals surface area contributed by atoms with Gasteiger partial charge in [0.15, 0.2) is 0 Å². The van der Waals surface area contributed by atoms with Gasteiger partial charge < -0.3 is 0 Å². The van der Waals surface area contributed by atoms with Crippen molar-refractivity contribution in [1.82, 2.24) is 0 Å². The minimum Gasteiger partial charge on any atom is -0.207 e. The average molecular weight is 191 g/mol. The highest BCUT2D eigenvalue weighted by Crippen LogP contribution is 2.43. The molecule has 72 valence electrons. The molecule has 1 unspecified atom stereocenters. The Balaban J connectivity index is 2.29. The summed E-state index contributed by atoms with van der Waals surface area (Å²) in [5.74, 6) is 0.133. The van der Waals surface area contributed by atoms with Crippen LogP contribution < -0.4 is 0 Å². The van der Waals surface area contributed by atoms with Crippen LogP contribution in [0, 0.1) is 11.7 Å². The molecule has 0 amide bonds. The van der Waals surface area contributed by atoms with Gasteiger partial charge in [-0.1, -0.05) is 17.2 Å². The maximum absolute atomic E-state index is 12.9. The van der Waals surface area contributed by atoms with Crippen molar-refractivity contribution in [2.45, 2.75) is 18.9 Å². The van der Waals surface area contributed by atoms with E-state index in [0.717, 1.165) is 18.4 Å². The van der Waals surface area contributed by atoms with Crippen LogP contribution in [0.2, 0.25) is 0 Å². The maximum Gasteiger partial charge on any atom is 0.123 e. The van der Waals surface area contributed by atoms with Gasteiger partial charge in [0, 0.05) is 4.91 Å². The summed E-state index contributed by atoms with van der Waals surface area (Å²) in [5, 5.41) is 3.71. The minimum atomic E-state index is -0.277. The van der Waals surface area contributed by atoms with Crippen LogP contribution in [0.4, 0.5) is 4.39 Å². The highest BCUT2D eigenvalue weighted by Gasteiger charge is 2.31. The van der Waals surface area contributed by atoms with Crippen LogP contribution in [0.5, 0.6) is 0 Å². The van der Waals surface area contributed by atoms with Crippen molar-refractivity contribution in [2.75, 3.05) is 0 Å². The minimum absolute atomic E-state index is 0.185. The van der Waals surface area contributed by atoms with Crippen LogP contribution in [0.1, 0.15) is 24.4 Å². The number of nitrogens with zero attached hydrogens (tertiary/aromatic N) is 3. The second-order valence-corrected chi connectivity index (χ2v) is 3.54. The molecule has 0 N–H and O–H groups in total. The predicted molar refractivity (Wildman–Crippen MR) is 51.0 cm³/mol. The number of hydrogen-bond acceptors (Lipinski definition) is 1. The van der Waals surface area contributed by atoms with Gasteiger partial charge in [-0.3, -0.25) is 0 Å². The third-order valence-corrected chi connectivity index (χ3v) is 2.43. The molecule has 1 aliphatic rings. The molecule has 0 saturated heterocycles. The molecule has 0 aromatic heterocycles. The molecule has 1 atom stereocenters. The van der Waals surface area contributed by atoms with Gasteiger partial charge >= 0.3 is 0 Å². The van der Waals surface area contributed by atoms with E-state index in [-0.39, 0.29) is 11.9 Å². The smallest absolute Gasteiger partial charge is 0.123 e. The molecule has 0 heterocycles. The predicted octanol–water partition coefficient (Wildman–Crippen LogP) is 3.59. The van der Waals surface area contributed by atoms with E-state index in [2.05, 4.69) is 10.0 Å². The standard InChI is InChI=1S/C10H10FN3/c11-9-3-1-2-8(6-9)10(13-14-12)7-4-5-7/h1-3,6-7,10H,4-5H2. The van der Waals surface area contributed by atoms with E-state index in [1.807, 2.05) is 0 Å². The summed E-state index contributed by atoms with van der Waals surface area (Å²) in [5.41, 5.74) is 9.19. The second kappa shape index (κ2) is 3.68. The van der Waals surface area contributed by atoms with Gasteiger partial charge in [-0.05, 0) is 42.0 Å². The summed E-state index contributed by atoms with van der Waals surface area (Å²) in [6.45, 7) is 0. The second-order valence-electron chi connectivity index (χ2n) is 3.54. The Labute approximate surface area is 81.2 Å². The average Bonchev–Trinajstić information content (AvgIpc) is 2.97. The summed E-state index contributed by atoms with van der Waals surface area (Å²) in [7, 11) is 0. The fourth-order valence-corrected chi connectivity index (χ4v) is 1.59. The van der Waals surface area contributed by atoms with Crippen LogP contribution in [-0.4, -0.2) is 0 Å². The van der Waals surface area contributed by atoms with Gasteiger partial charge in [0.2, 0.25) is 0 Å². The first kappa shape index (κ1) is 9.03. The summed E-state index contributed by atoms with van der Waals surface area (Å²) < 4.78 is 12.9. The first-order chi connectivity index (χ1) is 6.81.